The maximum absolute atomic E-state index is 12.6. The fourth-order valence-corrected chi connectivity index (χ4v) is 4.32. The number of carbonyl (C=O) groups excluding carboxylic acids is 1. The Morgan fingerprint density at radius 2 is 1.97 bits per heavy atom. The molecule has 5 rings (SSSR count). The fraction of sp³-hybridized carbons (Fsp3) is 0.208. The molecule has 0 fully saturated rings. The van der Waals surface area contributed by atoms with E-state index in [-0.39, 0.29) is 18.5 Å². The topological polar surface area (TPSA) is 110 Å². The second kappa shape index (κ2) is 10.0. The largest absolute Gasteiger partial charge is 0.497 e. The Bertz CT molecular complexity index is 1340. The molecule has 0 atom stereocenters. The highest BCUT2D eigenvalue weighted by Gasteiger charge is 2.22. The number of hydrogen-bond acceptors (Lipinski definition) is 9. The highest BCUT2D eigenvalue weighted by atomic mass is 32.2. The van der Waals surface area contributed by atoms with Gasteiger partial charge in [-0.15, -0.1) is 10.2 Å². The molecule has 1 aliphatic heterocycles. The van der Waals surface area contributed by atoms with Crippen molar-refractivity contribution in [2.45, 2.75) is 11.7 Å². The molecule has 180 valence electrons. The Labute approximate surface area is 205 Å². The van der Waals surface area contributed by atoms with E-state index in [1.165, 1.54) is 11.8 Å². The normalized spacial score (nSPS) is 11.9. The number of methoxy groups -OCH3 is 2. The number of amides is 1. The summed E-state index contributed by atoms with van der Waals surface area (Å²) in [5.74, 6) is 3.59. The molecule has 3 heterocycles. The van der Waals surface area contributed by atoms with Crippen LogP contribution in [-0.4, -0.2) is 47.4 Å². The quantitative estimate of drug-likeness (QED) is 0.348. The lowest BCUT2D eigenvalue weighted by Crippen LogP contribution is -2.24. The van der Waals surface area contributed by atoms with Gasteiger partial charge in [0.25, 0.3) is 0 Å². The summed E-state index contributed by atoms with van der Waals surface area (Å²) in [6.07, 6.45) is 1.56. The Balaban J connectivity index is 1.35. The summed E-state index contributed by atoms with van der Waals surface area (Å²) < 4.78 is 29.0. The lowest BCUT2D eigenvalue weighted by atomic mass is 10.2. The van der Waals surface area contributed by atoms with E-state index < -0.39 is 0 Å². The number of thioether (sulfide) groups is 1. The summed E-state index contributed by atoms with van der Waals surface area (Å²) in [6, 6.07) is 14.6. The van der Waals surface area contributed by atoms with Crippen LogP contribution in [-0.2, 0) is 11.3 Å². The number of furan rings is 1. The van der Waals surface area contributed by atoms with Crippen molar-refractivity contribution >= 4 is 17.7 Å². The highest BCUT2D eigenvalue weighted by molar-refractivity contribution is 7.99. The van der Waals surface area contributed by atoms with Gasteiger partial charge in [0.2, 0.25) is 18.5 Å². The monoisotopic (exact) mass is 494 g/mol. The molecule has 0 saturated heterocycles. The minimum absolute atomic E-state index is 0.132. The van der Waals surface area contributed by atoms with E-state index in [2.05, 4.69) is 15.5 Å². The fourth-order valence-electron chi connectivity index (χ4n) is 3.55. The van der Waals surface area contributed by atoms with Crippen LogP contribution in [0.3, 0.4) is 0 Å². The van der Waals surface area contributed by atoms with Crippen LogP contribution in [0.25, 0.3) is 17.3 Å². The van der Waals surface area contributed by atoms with Crippen LogP contribution < -0.4 is 24.3 Å². The summed E-state index contributed by atoms with van der Waals surface area (Å²) in [4.78, 5) is 12.6. The van der Waals surface area contributed by atoms with Crippen molar-refractivity contribution in [3.05, 3.63) is 60.4 Å². The van der Waals surface area contributed by atoms with E-state index in [1.807, 2.05) is 24.3 Å². The molecule has 11 heteroatoms. The third-order valence-corrected chi connectivity index (χ3v) is 6.19. The third kappa shape index (κ3) is 4.76. The first-order valence-corrected chi connectivity index (χ1v) is 11.6. The van der Waals surface area contributed by atoms with E-state index in [0.717, 1.165) is 5.56 Å². The van der Waals surface area contributed by atoms with Gasteiger partial charge >= 0.3 is 0 Å². The molecule has 0 bridgehead atoms. The van der Waals surface area contributed by atoms with Gasteiger partial charge in [-0.05, 0) is 42.0 Å². The summed E-state index contributed by atoms with van der Waals surface area (Å²) in [5, 5.41) is 12.1. The van der Waals surface area contributed by atoms with Crippen molar-refractivity contribution in [2.75, 3.05) is 26.8 Å². The minimum atomic E-state index is -0.153. The van der Waals surface area contributed by atoms with E-state index in [4.69, 9.17) is 23.4 Å². The van der Waals surface area contributed by atoms with Gasteiger partial charge in [0.05, 0.1) is 31.9 Å². The van der Waals surface area contributed by atoms with Gasteiger partial charge in [-0.1, -0.05) is 17.8 Å². The molecule has 2 aromatic carbocycles. The minimum Gasteiger partial charge on any atom is -0.497 e. The molecule has 1 aliphatic rings. The van der Waals surface area contributed by atoms with Crippen molar-refractivity contribution in [1.82, 2.24) is 20.1 Å². The Kier molecular flexibility index (Phi) is 6.49. The molecular formula is C24H22N4O6S. The van der Waals surface area contributed by atoms with Gasteiger partial charge in [0, 0.05) is 12.6 Å². The number of benzene rings is 2. The van der Waals surface area contributed by atoms with Crippen LogP contribution in [0, 0.1) is 0 Å². The predicted octanol–water partition coefficient (Wildman–Crippen LogP) is 3.68. The maximum atomic E-state index is 12.6. The van der Waals surface area contributed by atoms with Crippen molar-refractivity contribution < 1.29 is 28.2 Å². The van der Waals surface area contributed by atoms with Crippen LogP contribution in [0.1, 0.15) is 5.56 Å². The van der Waals surface area contributed by atoms with Gasteiger partial charge in [-0.2, -0.15) is 0 Å². The van der Waals surface area contributed by atoms with Gasteiger partial charge in [0.15, 0.2) is 22.4 Å². The molecule has 4 aromatic rings. The van der Waals surface area contributed by atoms with Crippen LogP contribution in [0.4, 0.5) is 0 Å². The third-order valence-electron chi connectivity index (χ3n) is 5.26. The number of hydrogen-bond donors (Lipinski definition) is 1. The summed E-state index contributed by atoms with van der Waals surface area (Å²) in [6.45, 7) is 0.574. The summed E-state index contributed by atoms with van der Waals surface area (Å²) >= 11 is 1.25. The molecule has 35 heavy (non-hydrogen) atoms. The molecule has 0 spiro atoms. The van der Waals surface area contributed by atoms with E-state index in [9.17, 15) is 4.79 Å². The van der Waals surface area contributed by atoms with Crippen LogP contribution in [0.2, 0.25) is 0 Å². The van der Waals surface area contributed by atoms with Crippen molar-refractivity contribution in [2.24, 2.45) is 0 Å². The maximum Gasteiger partial charge on any atom is 0.231 e. The van der Waals surface area contributed by atoms with Crippen LogP contribution in [0.5, 0.6) is 23.0 Å². The number of nitrogens with zero attached hydrogens (tertiary/aromatic N) is 3. The smallest absolute Gasteiger partial charge is 0.231 e. The Morgan fingerprint density at radius 1 is 1.09 bits per heavy atom. The van der Waals surface area contributed by atoms with Gasteiger partial charge < -0.3 is 28.7 Å². The zero-order chi connectivity index (χ0) is 24.2. The van der Waals surface area contributed by atoms with Crippen LogP contribution in [0.15, 0.2) is 64.4 Å². The molecule has 10 nitrogen and oxygen atoms in total. The zero-order valence-electron chi connectivity index (χ0n) is 19.0. The number of carbonyl (C=O) groups is 1. The average Bonchev–Trinajstić information content (AvgIpc) is 3.65. The van der Waals surface area contributed by atoms with Crippen LogP contribution >= 0.6 is 11.8 Å². The standard InChI is InChI=1S/C24H22N4O6S/c1-30-16-6-8-18(31-2)17(11-16)28-23(20-4-3-9-32-20)26-27-24(28)35-13-22(29)25-12-15-5-7-19-21(10-15)34-14-33-19/h3-11H,12-14H2,1-2H3,(H,25,29). The molecular weight excluding hydrogens is 472 g/mol. The predicted molar refractivity (Wildman–Crippen MR) is 127 cm³/mol. The SMILES string of the molecule is COc1ccc(OC)c(-n2c(SCC(=O)NCc3ccc4c(c3)OCO4)nnc2-c2ccco2)c1. The van der Waals surface area contributed by atoms with Crippen molar-refractivity contribution in [3.63, 3.8) is 0 Å². The Hall–Kier alpha value is -4.12. The molecule has 0 radical (unpaired) electrons. The lowest BCUT2D eigenvalue weighted by molar-refractivity contribution is -0.118. The second-order valence-corrected chi connectivity index (χ2v) is 8.35. The van der Waals surface area contributed by atoms with E-state index >= 15 is 0 Å². The number of ether oxygens (including phenoxy) is 4. The molecule has 1 N–H and O–H groups in total. The summed E-state index contributed by atoms with van der Waals surface area (Å²) in [7, 11) is 3.17. The van der Waals surface area contributed by atoms with Crippen molar-refractivity contribution in [3.8, 4) is 40.3 Å². The molecule has 0 aliphatic carbocycles. The first-order chi connectivity index (χ1) is 17.2. The van der Waals surface area contributed by atoms with Gasteiger partial charge in [-0.3, -0.25) is 9.36 Å². The summed E-state index contributed by atoms with van der Waals surface area (Å²) in [5.41, 5.74) is 1.57. The van der Waals surface area contributed by atoms with E-state index in [0.29, 0.717) is 52.0 Å². The molecule has 0 saturated carbocycles. The number of nitrogens with one attached hydrogen (secondary N) is 1. The highest BCUT2D eigenvalue weighted by Crippen LogP contribution is 2.35. The lowest BCUT2D eigenvalue weighted by Gasteiger charge is -2.14. The average molecular weight is 495 g/mol. The zero-order valence-corrected chi connectivity index (χ0v) is 19.8. The van der Waals surface area contributed by atoms with Gasteiger partial charge in [-0.25, -0.2) is 0 Å². The van der Waals surface area contributed by atoms with Crippen molar-refractivity contribution in [1.29, 1.82) is 0 Å². The first-order valence-electron chi connectivity index (χ1n) is 10.7. The molecule has 2 aromatic heterocycles. The number of rotatable bonds is 9. The number of fused-ring (bicyclic) bond motifs is 1. The van der Waals surface area contributed by atoms with E-state index in [1.54, 1.807) is 49.3 Å². The number of aromatic nitrogens is 3. The van der Waals surface area contributed by atoms with Gasteiger partial charge in [0.1, 0.15) is 11.5 Å². The molecule has 1 amide bonds. The second-order valence-electron chi connectivity index (χ2n) is 7.41. The Morgan fingerprint density at radius 3 is 2.77 bits per heavy atom. The first kappa shape index (κ1) is 22.7. The molecule has 0 unspecified atom stereocenters.